The number of carbonyl (C=O) groups is 3. The molecule has 2 aromatic carbocycles. The number of anilines is 2. The molecule has 0 radical (unpaired) electrons. The molecule has 2 amide bonds. The van der Waals surface area contributed by atoms with Gasteiger partial charge in [0.2, 0.25) is 5.91 Å². The van der Waals surface area contributed by atoms with Crippen LogP contribution in [0, 0.1) is 0 Å². The number of aromatic nitrogens is 1. The number of para-hydroxylation sites is 4. The van der Waals surface area contributed by atoms with Crippen LogP contribution in [0.5, 0.6) is 0 Å². The van der Waals surface area contributed by atoms with Gasteiger partial charge in [-0.2, -0.15) is 0 Å². The summed E-state index contributed by atoms with van der Waals surface area (Å²) in [6.45, 7) is 2.83. The zero-order valence-corrected chi connectivity index (χ0v) is 16.7. The van der Waals surface area contributed by atoms with Crippen LogP contribution in [0.15, 0.2) is 52.9 Å². The molecule has 0 unspecified atom stereocenters. The van der Waals surface area contributed by atoms with Crippen molar-refractivity contribution in [3.8, 4) is 0 Å². The average molecular weight is 407 g/mol. The molecule has 2 heterocycles. The molecule has 0 bridgehead atoms. The van der Waals surface area contributed by atoms with Crippen molar-refractivity contribution in [2.75, 3.05) is 16.8 Å². The van der Waals surface area contributed by atoms with E-state index in [0.717, 1.165) is 5.52 Å². The minimum atomic E-state index is -1.12. The standard InChI is InChI=1S/C22H21N3O5/c1-22(2)21(28)24-14-7-3-5-9-16(14)25(22)19(26)13-29-20(27)12-11-18-23-15-8-4-6-10-17(15)30-18/h3-10H,11-13H2,1-2H3,(H,24,28). The molecule has 0 spiro atoms. The molecule has 30 heavy (non-hydrogen) atoms. The smallest absolute Gasteiger partial charge is 0.306 e. The highest BCUT2D eigenvalue weighted by Crippen LogP contribution is 2.36. The number of hydrogen-bond donors (Lipinski definition) is 1. The lowest BCUT2D eigenvalue weighted by molar-refractivity contribution is -0.148. The Morgan fingerprint density at radius 2 is 1.87 bits per heavy atom. The van der Waals surface area contributed by atoms with Gasteiger partial charge in [0.05, 0.1) is 17.8 Å². The number of nitrogens with one attached hydrogen (secondary N) is 1. The minimum Gasteiger partial charge on any atom is -0.456 e. The number of carbonyl (C=O) groups excluding carboxylic acids is 3. The van der Waals surface area contributed by atoms with Crippen molar-refractivity contribution >= 4 is 40.3 Å². The molecule has 8 heteroatoms. The molecule has 1 aliphatic heterocycles. The first kappa shape index (κ1) is 19.6. The topological polar surface area (TPSA) is 102 Å². The van der Waals surface area contributed by atoms with Gasteiger partial charge in [-0.05, 0) is 38.1 Å². The Morgan fingerprint density at radius 3 is 2.67 bits per heavy atom. The summed E-state index contributed by atoms with van der Waals surface area (Å²) in [5.74, 6) is -0.894. The van der Waals surface area contributed by atoms with Gasteiger partial charge in [-0.1, -0.05) is 24.3 Å². The van der Waals surface area contributed by atoms with Crippen LogP contribution in [0.2, 0.25) is 0 Å². The fraction of sp³-hybridized carbons (Fsp3) is 0.273. The number of nitrogens with zero attached hydrogens (tertiary/aromatic N) is 2. The van der Waals surface area contributed by atoms with Crippen LogP contribution < -0.4 is 10.2 Å². The van der Waals surface area contributed by atoms with Crippen molar-refractivity contribution in [2.24, 2.45) is 0 Å². The summed E-state index contributed by atoms with van der Waals surface area (Å²) < 4.78 is 10.7. The number of rotatable bonds is 5. The Kier molecular flexibility index (Phi) is 4.99. The van der Waals surface area contributed by atoms with Crippen molar-refractivity contribution in [2.45, 2.75) is 32.2 Å². The van der Waals surface area contributed by atoms with Crippen LogP contribution in [-0.2, 0) is 25.5 Å². The first-order chi connectivity index (χ1) is 14.4. The molecule has 0 saturated heterocycles. The number of oxazole rings is 1. The number of benzene rings is 2. The molecule has 0 atom stereocenters. The first-order valence-corrected chi connectivity index (χ1v) is 9.60. The van der Waals surface area contributed by atoms with Gasteiger partial charge in [-0.25, -0.2) is 4.98 Å². The van der Waals surface area contributed by atoms with Crippen LogP contribution >= 0.6 is 0 Å². The predicted molar refractivity (Wildman–Crippen MR) is 110 cm³/mol. The maximum atomic E-state index is 12.9. The monoisotopic (exact) mass is 407 g/mol. The highest BCUT2D eigenvalue weighted by Gasteiger charge is 2.43. The van der Waals surface area contributed by atoms with Crippen molar-refractivity contribution in [3.05, 3.63) is 54.4 Å². The van der Waals surface area contributed by atoms with Gasteiger partial charge in [-0.15, -0.1) is 0 Å². The van der Waals surface area contributed by atoms with Gasteiger partial charge >= 0.3 is 5.97 Å². The number of aryl methyl sites for hydroxylation is 1. The van der Waals surface area contributed by atoms with E-state index in [1.54, 1.807) is 44.2 Å². The molecule has 0 fully saturated rings. The van der Waals surface area contributed by atoms with Crippen molar-refractivity contribution in [1.29, 1.82) is 0 Å². The normalized spacial score (nSPS) is 14.9. The Hall–Kier alpha value is -3.68. The van der Waals surface area contributed by atoms with E-state index in [1.165, 1.54) is 4.90 Å². The zero-order valence-electron chi connectivity index (χ0n) is 16.7. The molecule has 1 aliphatic rings. The summed E-state index contributed by atoms with van der Waals surface area (Å²) >= 11 is 0. The van der Waals surface area contributed by atoms with Crippen molar-refractivity contribution < 1.29 is 23.5 Å². The zero-order chi connectivity index (χ0) is 21.3. The number of ether oxygens (including phenoxy) is 1. The Balaban J connectivity index is 1.38. The van der Waals surface area contributed by atoms with E-state index in [2.05, 4.69) is 10.3 Å². The highest BCUT2D eigenvalue weighted by atomic mass is 16.5. The highest BCUT2D eigenvalue weighted by molar-refractivity contribution is 6.14. The summed E-state index contributed by atoms with van der Waals surface area (Å²) in [6, 6.07) is 14.3. The number of fused-ring (bicyclic) bond motifs is 2. The largest absolute Gasteiger partial charge is 0.456 e. The molecular formula is C22H21N3O5. The van der Waals surface area contributed by atoms with Crippen molar-refractivity contribution in [1.82, 2.24) is 4.98 Å². The number of amides is 2. The molecule has 0 saturated carbocycles. The first-order valence-electron chi connectivity index (χ1n) is 9.60. The van der Waals surface area contributed by atoms with Gasteiger partial charge in [-0.3, -0.25) is 19.3 Å². The molecule has 154 valence electrons. The van der Waals surface area contributed by atoms with Gasteiger partial charge in [0.1, 0.15) is 11.1 Å². The van der Waals surface area contributed by atoms with Crippen LogP contribution in [0.1, 0.15) is 26.2 Å². The fourth-order valence-corrected chi connectivity index (χ4v) is 3.41. The third-order valence-corrected chi connectivity index (χ3v) is 5.00. The third kappa shape index (κ3) is 3.63. The molecule has 1 N–H and O–H groups in total. The molecule has 0 aliphatic carbocycles. The van der Waals surface area contributed by atoms with E-state index in [4.69, 9.17) is 9.15 Å². The molecule has 4 rings (SSSR count). The molecule has 8 nitrogen and oxygen atoms in total. The lowest BCUT2D eigenvalue weighted by Gasteiger charge is -2.41. The summed E-state index contributed by atoms with van der Waals surface area (Å²) in [4.78, 5) is 43.1. The maximum Gasteiger partial charge on any atom is 0.306 e. The summed E-state index contributed by atoms with van der Waals surface area (Å²) in [5, 5.41) is 2.79. The van der Waals surface area contributed by atoms with E-state index >= 15 is 0 Å². The maximum absolute atomic E-state index is 12.9. The number of hydrogen-bond acceptors (Lipinski definition) is 6. The van der Waals surface area contributed by atoms with Crippen LogP contribution in [0.4, 0.5) is 11.4 Å². The Labute approximate surface area is 172 Å². The lowest BCUT2D eigenvalue weighted by Crippen LogP contribution is -2.59. The van der Waals surface area contributed by atoms with Crippen LogP contribution in [0.25, 0.3) is 11.1 Å². The second-order valence-electron chi connectivity index (χ2n) is 7.50. The quantitative estimate of drug-likeness (QED) is 0.652. The predicted octanol–water partition coefficient (Wildman–Crippen LogP) is 3.07. The van der Waals surface area contributed by atoms with E-state index in [-0.39, 0.29) is 18.7 Å². The van der Waals surface area contributed by atoms with E-state index in [0.29, 0.717) is 22.8 Å². The molecule has 1 aromatic heterocycles. The van der Waals surface area contributed by atoms with Crippen molar-refractivity contribution in [3.63, 3.8) is 0 Å². The summed E-state index contributed by atoms with van der Waals surface area (Å²) in [7, 11) is 0. The molecule has 3 aromatic rings. The SMILES string of the molecule is CC1(C)C(=O)Nc2ccccc2N1C(=O)COC(=O)CCc1nc2ccccc2o1. The van der Waals surface area contributed by atoms with Gasteiger partial charge in [0, 0.05) is 6.42 Å². The average Bonchev–Trinajstić information content (AvgIpc) is 3.14. The van der Waals surface area contributed by atoms with E-state index < -0.39 is 24.0 Å². The summed E-state index contributed by atoms with van der Waals surface area (Å²) in [6.07, 6.45) is 0.294. The van der Waals surface area contributed by atoms with Gasteiger partial charge in [0.15, 0.2) is 18.1 Å². The third-order valence-electron chi connectivity index (χ3n) is 5.00. The van der Waals surface area contributed by atoms with Gasteiger partial charge in [0.25, 0.3) is 5.91 Å². The fourth-order valence-electron chi connectivity index (χ4n) is 3.41. The summed E-state index contributed by atoms with van der Waals surface area (Å²) in [5.41, 5.74) is 1.36. The van der Waals surface area contributed by atoms with Gasteiger partial charge < -0.3 is 14.5 Å². The van der Waals surface area contributed by atoms with E-state index in [9.17, 15) is 14.4 Å². The van der Waals surface area contributed by atoms with Crippen LogP contribution in [-0.4, -0.2) is 34.9 Å². The second-order valence-corrected chi connectivity index (χ2v) is 7.50. The number of esters is 1. The second kappa shape index (κ2) is 7.62. The van der Waals surface area contributed by atoms with E-state index in [1.807, 2.05) is 18.2 Å². The van der Waals surface area contributed by atoms with Crippen LogP contribution in [0.3, 0.4) is 0 Å². The molecular weight excluding hydrogens is 386 g/mol. The Morgan fingerprint density at radius 1 is 1.13 bits per heavy atom. The Bertz CT molecular complexity index is 1100. The lowest BCUT2D eigenvalue weighted by atomic mass is 9.96. The minimum absolute atomic E-state index is 0.0283.